The van der Waals surface area contributed by atoms with Crippen LogP contribution in [0.5, 0.6) is 0 Å². The molecule has 0 aliphatic rings. The Morgan fingerprint density at radius 1 is 1.41 bits per heavy atom. The maximum atomic E-state index is 11.1. The first-order valence-corrected chi connectivity index (χ1v) is 5.19. The number of carbonyl (C=O) groups excluding carboxylic acids is 1. The molecule has 2 aromatic rings. The quantitative estimate of drug-likeness (QED) is 0.816. The van der Waals surface area contributed by atoms with Crippen LogP contribution in [0, 0.1) is 0 Å². The van der Waals surface area contributed by atoms with E-state index in [4.69, 9.17) is 4.42 Å². The SMILES string of the molecule is C=CC(=O)NCc1ncoc1-c1ccccc1. The van der Waals surface area contributed by atoms with E-state index in [9.17, 15) is 4.79 Å². The first-order valence-electron chi connectivity index (χ1n) is 5.19. The molecule has 0 fully saturated rings. The van der Waals surface area contributed by atoms with Crippen LogP contribution in [-0.4, -0.2) is 10.9 Å². The van der Waals surface area contributed by atoms with Crippen LogP contribution in [0.2, 0.25) is 0 Å². The van der Waals surface area contributed by atoms with E-state index >= 15 is 0 Å². The Labute approximate surface area is 99.0 Å². The number of aromatic nitrogens is 1. The monoisotopic (exact) mass is 228 g/mol. The molecule has 0 spiro atoms. The van der Waals surface area contributed by atoms with Crippen molar-refractivity contribution in [2.75, 3.05) is 0 Å². The van der Waals surface area contributed by atoms with Crippen molar-refractivity contribution in [1.82, 2.24) is 10.3 Å². The number of benzene rings is 1. The second kappa shape index (κ2) is 5.12. The maximum absolute atomic E-state index is 11.1. The number of hydrogen-bond donors (Lipinski definition) is 1. The van der Waals surface area contributed by atoms with Crippen LogP contribution >= 0.6 is 0 Å². The Morgan fingerprint density at radius 3 is 2.88 bits per heavy atom. The van der Waals surface area contributed by atoms with Crippen LogP contribution in [0.3, 0.4) is 0 Å². The first-order chi connectivity index (χ1) is 8.31. The zero-order valence-corrected chi connectivity index (χ0v) is 9.22. The minimum Gasteiger partial charge on any atom is -0.443 e. The average molecular weight is 228 g/mol. The lowest BCUT2D eigenvalue weighted by atomic mass is 10.1. The highest BCUT2D eigenvalue weighted by atomic mass is 16.3. The Balaban J connectivity index is 2.18. The standard InChI is InChI=1S/C13H12N2O2/c1-2-12(16)14-8-11-13(17-9-15-11)10-6-4-3-5-7-10/h2-7,9H,1,8H2,(H,14,16). The zero-order valence-electron chi connectivity index (χ0n) is 9.22. The van der Waals surface area contributed by atoms with Gasteiger partial charge in [0, 0.05) is 5.56 Å². The van der Waals surface area contributed by atoms with Gasteiger partial charge in [0.05, 0.1) is 6.54 Å². The number of nitrogens with one attached hydrogen (secondary N) is 1. The van der Waals surface area contributed by atoms with Gasteiger partial charge in [0.1, 0.15) is 5.69 Å². The third kappa shape index (κ3) is 2.60. The summed E-state index contributed by atoms with van der Waals surface area (Å²) in [5.41, 5.74) is 1.64. The molecule has 0 saturated heterocycles. The lowest BCUT2D eigenvalue weighted by Gasteiger charge is -2.01. The second-order valence-electron chi connectivity index (χ2n) is 3.42. The van der Waals surface area contributed by atoms with Crippen LogP contribution in [0.25, 0.3) is 11.3 Å². The molecule has 0 bridgehead atoms. The number of carbonyl (C=O) groups is 1. The normalized spacial score (nSPS) is 9.88. The molecule has 1 amide bonds. The molecule has 1 N–H and O–H groups in total. The fourth-order valence-corrected chi connectivity index (χ4v) is 1.46. The van der Waals surface area contributed by atoms with Gasteiger partial charge in [-0.3, -0.25) is 4.79 Å². The Hall–Kier alpha value is -2.36. The summed E-state index contributed by atoms with van der Waals surface area (Å²) < 4.78 is 5.33. The van der Waals surface area contributed by atoms with E-state index in [-0.39, 0.29) is 5.91 Å². The van der Waals surface area contributed by atoms with E-state index in [0.717, 1.165) is 5.56 Å². The van der Waals surface area contributed by atoms with Crippen LogP contribution in [0.15, 0.2) is 53.8 Å². The molecule has 4 nitrogen and oxygen atoms in total. The van der Waals surface area contributed by atoms with Crippen molar-refractivity contribution >= 4 is 5.91 Å². The highest BCUT2D eigenvalue weighted by molar-refractivity contribution is 5.86. The van der Waals surface area contributed by atoms with Crippen LogP contribution < -0.4 is 5.32 Å². The highest BCUT2D eigenvalue weighted by Gasteiger charge is 2.10. The van der Waals surface area contributed by atoms with Crippen molar-refractivity contribution < 1.29 is 9.21 Å². The Morgan fingerprint density at radius 2 is 2.18 bits per heavy atom. The fourth-order valence-electron chi connectivity index (χ4n) is 1.46. The highest BCUT2D eigenvalue weighted by Crippen LogP contribution is 2.22. The molecule has 0 unspecified atom stereocenters. The van der Waals surface area contributed by atoms with Gasteiger partial charge in [-0.1, -0.05) is 36.9 Å². The van der Waals surface area contributed by atoms with E-state index in [2.05, 4.69) is 16.9 Å². The minimum absolute atomic E-state index is 0.230. The molecule has 17 heavy (non-hydrogen) atoms. The maximum Gasteiger partial charge on any atom is 0.243 e. The van der Waals surface area contributed by atoms with Gasteiger partial charge in [-0.15, -0.1) is 0 Å². The summed E-state index contributed by atoms with van der Waals surface area (Å²) in [7, 11) is 0. The number of hydrogen-bond acceptors (Lipinski definition) is 3. The van der Waals surface area contributed by atoms with E-state index in [1.54, 1.807) is 0 Å². The van der Waals surface area contributed by atoms with Crippen molar-refractivity contribution in [1.29, 1.82) is 0 Å². The fraction of sp³-hybridized carbons (Fsp3) is 0.0769. The molecule has 1 aromatic carbocycles. The number of amides is 1. The van der Waals surface area contributed by atoms with Crippen LogP contribution in [0.4, 0.5) is 0 Å². The summed E-state index contributed by atoms with van der Waals surface area (Å²) >= 11 is 0. The molecule has 4 heteroatoms. The minimum atomic E-state index is -0.230. The lowest BCUT2D eigenvalue weighted by molar-refractivity contribution is -0.116. The summed E-state index contributed by atoms with van der Waals surface area (Å²) in [5, 5.41) is 2.67. The number of rotatable bonds is 4. The molecule has 1 aromatic heterocycles. The zero-order chi connectivity index (χ0) is 12.1. The average Bonchev–Trinajstić information content (AvgIpc) is 2.85. The van der Waals surface area contributed by atoms with Crippen molar-refractivity contribution in [3.63, 3.8) is 0 Å². The summed E-state index contributed by atoms with van der Waals surface area (Å²) in [5.74, 6) is 0.446. The Bertz CT molecular complexity index is 517. The molecule has 0 aliphatic heterocycles. The van der Waals surface area contributed by atoms with Gasteiger partial charge >= 0.3 is 0 Å². The Kier molecular flexibility index (Phi) is 3.35. The van der Waals surface area contributed by atoms with Gasteiger partial charge in [-0.05, 0) is 6.08 Å². The van der Waals surface area contributed by atoms with Crippen molar-refractivity contribution in [3.05, 3.63) is 55.1 Å². The summed E-state index contributed by atoms with van der Waals surface area (Å²) in [6, 6.07) is 9.63. The van der Waals surface area contributed by atoms with E-state index < -0.39 is 0 Å². The van der Waals surface area contributed by atoms with Gasteiger partial charge in [-0.2, -0.15) is 0 Å². The van der Waals surface area contributed by atoms with Crippen LogP contribution in [0.1, 0.15) is 5.69 Å². The summed E-state index contributed by atoms with van der Waals surface area (Å²) in [6.07, 6.45) is 2.60. The van der Waals surface area contributed by atoms with Gasteiger partial charge in [0.2, 0.25) is 5.91 Å². The molecule has 0 saturated carbocycles. The van der Waals surface area contributed by atoms with E-state index in [1.165, 1.54) is 12.5 Å². The molecular formula is C13H12N2O2. The first kappa shape index (κ1) is 11.1. The van der Waals surface area contributed by atoms with Crippen LogP contribution in [-0.2, 0) is 11.3 Å². The smallest absolute Gasteiger partial charge is 0.243 e. The van der Waals surface area contributed by atoms with Crippen molar-refractivity contribution in [2.24, 2.45) is 0 Å². The van der Waals surface area contributed by atoms with E-state index in [0.29, 0.717) is 18.0 Å². The molecule has 2 rings (SSSR count). The van der Waals surface area contributed by atoms with Gasteiger partial charge < -0.3 is 9.73 Å². The molecule has 0 atom stereocenters. The lowest BCUT2D eigenvalue weighted by Crippen LogP contribution is -2.20. The third-order valence-corrected chi connectivity index (χ3v) is 2.29. The van der Waals surface area contributed by atoms with Gasteiger partial charge in [0.25, 0.3) is 0 Å². The predicted octanol–water partition coefficient (Wildman–Crippen LogP) is 2.14. The number of oxazole rings is 1. The van der Waals surface area contributed by atoms with Crippen molar-refractivity contribution in [3.8, 4) is 11.3 Å². The number of nitrogens with zero attached hydrogens (tertiary/aromatic N) is 1. The molecule has 0 radical (unpaired) electrons. The molecule has 1 heterocycles. The molecule has 86 valence electrons. The largest absolute Gasteiger partial charge is 0.443 e. The third-order valence-electron chi connectivity index (χ3n) is 2.29. The van der Waals surface area contributed by atoms with E-state index in [1.807, 2.05) is 30.3 Å². The van der Waals surface area contributed by atoms with Crippen molar-refractivity contribution in [2.45, 2.75) is 6.54 Å². The second-order valence-corrected chi connectivity index (χ2v) is 3.42. The van der Waals surface area contributed by atoms with Gasteiger partial charge in [-0.25, -0.2) is 4.98 Å². The molecular weight excluding hydrogens is 216 g/mol. The molecule has 0 aliphatic carbocycles. The summed E-state index contributed by atoms with van der Waals surface area (Å²) in [6.45, 7) is 3.71. The van der Waals surface area contributed by atoms with Gasteiger partial charge in [0.15, 0.2) is 12.2 Å². The topological polar surface area (TPSA) is 55.1 Å². The predicted molar refractivity (Wildman–Crippen MR) is 64.0 cm³/mol. The summed E-state index contributed by atoms with van der Waals surface area (Å²) in [4.78, 5) is 15.2.